The number of aromatic amines is 1. The molecule has 17 heavy (non-hydrogen) atoms. The third kappa shape index (κ3) is 1.98. The van der Waals surface area contributed by atoms with E-state index in [1.807, 2.05) is 19.1 Å². The summed E-state index contributed by atoms with van der Waals surface area (Å²) in [6, 6.07) is 3.88. The lowest BCUT2D eigenvalue weighted by atomic mass is 10.2. The van der Waals surface area contributed by atoms with Gasteiger partial charge >= 0.3 is 0 Å². The summed E-state index contributed by atoms with van der Waals surface area (Å²) < 4.78 is 0. The third-order valence-corrected chi connectivity index (χ3v) is 3.36. The predicted octanol–water partition coefficient (Wildman–Crippen LogP) is 1.93. The van der Waals surface area contributed by atoms with Crippen molar-refractivity contribution < 1.29 is 0 Å². The van der Waals surface area contributed by atoms with Gasteiger partial charge in [-0.25, -0.2) is 4.98 Å². The summed E-state index contributed by atoms with van der Waals surface area (Å²) in [6.07, 6.45) is 0. The summed E-state index contributed by atoms with van der Waals surface area (Å²) in [5.74, 6) is 0.951. The highest BCUT2D eigenvalue weighted by atomic mass is 35.5. The Morgan fingerprint density at radius 3 is 2.82 bits per heavy atom. The Labute approximate surface area is 105 Å². The van der Waals surface area contributed by atoms with Crippen LogP contribution >= 0.6 is 11.6 Å². The third-order valence-electron chi connectivity index (χ3n) is 3.15. The number of aryl methyl sites for hydroxylation is 1. The lowest BCUT2D eigenvalue weighted by Crippen LogP contribution is -2.44. The molecule has 1 aliphatic rings. The van der Waals surface area contributed by atoms with Gasteiger partial charge in [0.15, 0.2) is 0 Å². The van der Waals surface area contributed by atoms with Crippen molar-refractivity contribution in [2.45, 2.75) is 6.92 Å². The summed E-state index contributed by atoms with van der Waals surface area (Å²) in [5, 5.41) is 4.09. The molecular formula is C12H15ClN4. The minimum absolute atomic E-state index is 0.755. The molecule has 2 aromatic rings. The molecule has 0 unspecified atom stereocenters. The first kappa shape index (κ1) is 10.9. The number of H-pyrrole nitrogens is 1. The zero-order valence-corrected chi connectivity index (χ0v) is 10.5. The zero-order valence-electron chi connectivity index (χ0n) is 9.76. The number of halogens is 1. The van der Waals surface area contributed by atoms with E-state index in [1.165, 1.54) is 0 Å². The average Bonchev–Trinajstić information content (AvgIpc) is 2.74. The number of rotatable bonds is 1. The number of anilines is 1. The molecule has 4 nitrogen and oxygen atoms in total. The fraction of sp³-hybridized carbons (Fsp3) is 0.417. The van der Waals surface area contributed by atoms with Crippen LogP contribution in [0.4, 0.5) is 5.95 Å². The van der Waals surface area contributed by atoms with Gasteiger partial charge in [0.1, 0.15) is 0 Å². The van der Waals surface area contributed by atoms with E-state index < -0.39 is 0 Å². The maximum absolute atomic E-state index is 6.05. The van der Waals surface area contributed by atoms with Crippen LogP contribution in [0, 0.1) is 6.92 Å². The molecule has 0 saturated carbocycles. The van der Waals surface area contributed by atoms with Gasteiger partial charge < -0.3 is 15.2 Å². The Kier molecular flexibility index (Phi) is 2.68. The number of piperazine rings is 1. The zero-order chi connectivity index (χ0) is 11.8. The average molecular weight is 251 g/mol. The van der Waals surface area contributed by atoms with Crippen LogP contribution < -0.4 is 10.2 Å². The molecule has 2 heterocycles. The molecular weight excluding hydrogens is 236 g/mol. The fourth-order valence-electron chi connectivity index (χ4n) is 2.26. The predicted molar refractivity (Wildman–Crippen MR) is 70.9 cm³/mol. The number of imidazole rings is 1. The molecule has 1 aromatic heterocycles. The number of benzene rings is 1. The lowest BCUT2D eigenvalue weighted by Gasteiger charge is -2.26. The summed E-state index contributed by atoms with van der Waals surface area (Å²) in [6.45, 7) is 6.05. The second-order valence-corrected chi connectivity index (χ2v) is 4.85. The van der Waals surface area contributed by atoms with E-state index in [4.69, 9.17) is 11.6 Å². The van der Waals surface area contributed by atoms with E-state index in [0.29, 0.717) is 0 Å². The van der Waals surface area contributed by atoms with Crippen molar-refractivity contribution in [2.24, 2.45) is 0 Å². The SMILES string of the molecule is Cc1cc(Cl)cc2[nH]c(N3CCNCC3)nc12. The number of fused-ring (bicyclic) bond motifs is 1. The van der Waals surface area contributed by atoms with Gasteiger partial charge in [0.05, 0.1) is 11.0 Å². The van der Waals surface area contributed by atoms with Crippen LogP contribution in [0.25, 0.3) is 11.0 Å². The van der Waals surface area contributed by atoms with Crippen LogP contribution in [0.2, 0.25) is 5.02 Å². The van der Waals surface area contributed by atoms with Crippen LogP contribution in [0.15, 0.2) is 12.1 Å². The topological polar surface area (TPSA) is 44.0 Å². The number of nitrogens with one attached hydrogen (secondary N) is 2. The Balaban J connectivity index is 2.03. The Bertz CT molecular complexity index is 543. The summed E-state index contributed by atoms with van der Waals surface area (Å²) >= 11 is 6.05. The number of hydrogen-bond donors (Lipinski definition) is 2. The van der Waals surface area contributed by atoms with Crippen LogP contribution in [0.1, 0.15) is 5.56 Å². The van der Waals surface area contributed by atoms with Crippen molar-refractivity contribution >= 4 is 28.6 Å². The summed E-state index contributed by atoms with van der Waals surface area (Å²) in [4.78, 5) is 10.3. The van der Waals surface area contributed by atoms with E-state index in [0.717, 1.165) is 53.7 Å². The number of nitrogens with zero attached hydrogens (tertiary/aromatic N) is 2. The van der Waals surface area contributed by atoms with E-state index in [9.17, 15) is 0 Å². The molecule has 0 bridgehead atoms. The number of aromatic nitrogens is 2. The Hall–Kier alpha value is -1.26. The molecule has 5 heteroatoms. The summed E-state index contributed by atoms with van der Waals surface area (Å²) in [7, 11) is 0. The van der Waals surface area contributed by atoms with Crippen molar-refractivity contribution in [3.05, 3.63) is 22.7 Å². The molecule has 0 aliphatic carbocycles. The Morgan fingerprint density at radius 2 is 2.06 bits per heavy atom. The van der Waals surface area contributed by atoms with Gasteiger partial charge in [0.25, 0.3) is 0 Å². The van der Waals surface area contributed by atoms with Crippen molar-refractivity contribution in [2.75, 3.05) is 31.1 Å². The molecule has 0 radical (unpaired) electrons. The smallest absolute Gasteiger partial charge is 0.203 e. The molecule has 0 atom stereocenters. The van der Waals surface area contributed by atoms with E-state index >= 15 is 0 Å². The van der Waals surface area contributed by atoms with Crippen molar-refractivity contribution in [1.29, 1.82) is 0 Å². The van der Waals surface area contributed by atoms with Crippen LogP contribution in [-0.4, -0.2) is 36.1 Å². The van der Waals surface area contributed by atoms with Gasteiger partial charge in [-0.05, 0) is 24.6 Å². The maximum atomic E-state index is 6.05. The first-order chi connectivity index (χ1) is 8.24. The highest BCUT2D eigenvalue weighted by Crippen LogP contribution is 2.24. The van der Waals surface area contributed by atoms with Crippen LogP contribution in [0.3, 0.4) is 0 Å². The molecule has 1 fully saturated rings. The van der Waals surface area contributed by atoms with Crippen molar-refractivity contribution in [1.82, 2.24) is 15.3 Å². The van der Waals surface area contributed by atoms with Gasteiger partial charge in [-0.3, -0.25) is 0 Å². The number of hydrogen-bond acceptors (Lipinski definition) is 3. The van der Waals surface area contributed by atoms with Gasteiger partial charge in [0.2, 0.25) is 5.95 Å². The minimum Gasteiger partial charge on any atom is -0.340 e. The second-order valence-electron chi connectivity index (χ2n) is 4.42. The molecule has 0 amide bonds. The highest BCUT2D eigenvalue weighted by molar-refractivity contribution is 6.31. The molecule has 1 aliphatic heterocycles. The van der Waals surface area contributed by atoms with Crippen LogP contribution in [-0.2, 0) is 0 Å². The Morgan fingerprint density at radius 1 is 1.29 bits per heavy atom. The molecule has 0 spiro atoms. The summed E-state index contributed by atoms with van der Waals surface area (Å²) in [5.41, 5.74) is 3.15. The normalized spacial score (nSPS) is 16.7. The first-order valence-corrected chi connectivity index (χ1v) is 6.23. The van der Waals surface area contributed by atoms with E-state index in [-0.39, 0.29) is 0 Å². The molecule has 1 aromatic carbocycles. The quantitative estimate of drug-likeness (QED) is 0.813. The molecule has 90 valence electrons. The minimum atomic E-state index is 0.755. The first-order valence-electron chi connectivity index (χ1n) is 5.85. The van der Waals surface area contributed by atoms with Gasteiger partial charge in [-0.2, -0.15) is 0 Å². The molecule has 2 N–H and O–H groups in total. The van der Waals surface area contributed by atoms with E-state index in [1.54, 1.807) is 0 Å². The fourth-order valence-corrected chi connectivity index (χ4v) is 2.53. The lowest BCUT2D eigenvalue weighted by molar-refractivity contribution is 0.582. The standard InChI is InChI=1S/C12H15ClN4/c1-8-6-9(13)7-10-11(8)16-12(15-10)17-4-2-14-3-5-17/h6-7,14H,2-5H2,1H3,(H,15,16). The van der Waals surface area contributed by atoms with E-state index in [2.05, 4.69) is 20.2 Å². The van der Waals surface area contributed by atoms with Gasteiger partial charge in [-0.1, -0.05) is 11.6 Å². The highest BCUT2D eigenvalue weighted by Gasteiger charge is 2.15. The maximum Gasteiger partial charge on any atom is 0.203 e. The van der Waals surface area contributed by atoms with Crippen molar-refractivity contribution in [3.63, 3.8) is 0 Å². The monoisotopic (exact) mass is 250 g/mol. The second kappa shape index (κ2) is 4.20. The van der Waals surface area contributed by atoms with Gasteiger partial charge in [-0.15, -0.1) is 0 Å². The largest absolute Gasteiger partial charge is 0.340 e. The molecule has 3 rings (SSSR count). The van der Waals surface area contributed by atoms with Gasteiger partial charge in [0, 0.05) is 31.2 Å². The van der Waals surface area contributed by atoms with Crippen LogP contribution in [0.5, 0.6) is 0 Å². The van der Waals surface area contributed by atoms with Crippen molar-refractivity contribution in [3.8, 4) is 0 Å². The molecule has 1 saturated heterocycles.